The number of nitrogens with two attached hydrogens (primary N) is 1. The minimum atomic E-state index is -0.211. The zero-order valence-electron chi connectivity index (χ0n) is 10.5. The summed E-state index contributed by atoms with van der Waals surface area (Å²) in [6.45, 7) is 1.81. The first-order valence-corrected chi connectivity index (χ1v) is 6.27. The van der Waals surface area contributed by atoms with Crippen LogP contribution in [0.3, 0.4) is 0 Å². The highest BCUT2D eigenvalue weighted by atomic mass is 16.3. The first-order valence-electron chi connectivity index (χ1n) is 6.27. The molecular formula is C13H19N3O2. The van der Waals surface area contributed by atoms with Crippen molar-refractivity contribution in [2.75, 3.05) is 5.73 Å². The number of pyridine rings is 1. The molecule has 2 rings (SSSR count). The van der Waals surface area contributed by atoms with Crippen LogP contribution in [-0.2, 0) is 0 Å². The van der Waals surface area contributed by atoms with E-state index in [0.29, 0.717) is 11.4 Å². The van der Waals surface area contributed by atoms with Crippen LogP contribution in [-0.4, -0.2) is 28.1 Å². The molecule has 0 aliphatic heterocycles. The standard InChI is InChI=1S/C13H19N3O2/c1-8-6-9(7-12(14)15-8)13(18)16-10-2-4-11(17)5-3-10/h6-7,10-11,17H,2-5H2,1H3,(H2,14,15)(H,16,18). The quantitative estimate of drug-likeness (QED) is 0.729. The lowest BCUT2D eigenvalue weighted by atomic mass is 9.93. The molecule has 4 N–H and O–H groups in total. The molecule has 5 heteroatoms. The van der Waals surface area contributed by atoms with Crippen LogP contribution in [0.25, 0.3) is 0 Å². The van der Waals surface area contributed by atoms with E-state index >= 15 is 0 Å². The van der Waals surface area contributed by atoms with E-state index in [-0.39, 0.29) is 18.1 Å². The second-order valence-electron chi connectivity index (χ2n) is 4.90. The van der Waals surface area contributed by atoms with E-state index < -0.39 is 0 Å². The maximum Gasteiger partial charge on any atom is 0.251 e. The summed E-state index contributed by atoms with van der Waals surface area (Å²) in [5.41, 5.74) is 6.91. The lowest BCUT2D eigenvalue weighted by Gasteiger charge is -2.26. The number of aryl methyl sites for hydroxylation is 1. The molecule has 18 heavy (non-hydrogen) atoms. The van der Waals surface area contributed by atoms with Crippen molar-refractivity contribution in [1.82, 2.24) is 10.3 Å². The van der Waals surface area contributed by atoms with Crippen molar-refractivity contribution in [3.63, 3.8) is 0 Å². The highest BCUT2D eigenvalue weighted by Crippen LogP contribution is 2.19. The van der Waals surface area contributed by atoms with Gasteiger partial charge in [0.15, 0.2) is 0 Å². The Labute approximate surface area is 106 Å². The maximum absolute atomic E-state index is 12.0. The first-order chi connectivity index (χ1) is 8.54. The van der Waals surface area contributed by atoms with E-state index in [1.165, 1.54) is 0 Å². The van der Waals surface area contributed by atoms with Gasteiger partial charge in [-0.25, -0.2) is 4.98 Å². The van der Waals surface area contributed by atoms with Gasteiger partial charge in [0.05, 0.1) is 6.10 Å². The number of anilines is 1. The molecule has 1 saturated carbocycles. The molecular weight excluding hydrogens is 230 g/mol. The highest BCUT2D eigenvalue weighted by Gasteiger charge is 2.21. The number of nitrogens with one attached hydrogen (secondary N) is 1. The third-order valence-corrected chi connectivity index (χ3v) is 3.27. The Morgan fingerprint density at radius 2 is 2.06 bits per heavy atom. The molecule has 1 heterocycles. The molecule has 1 aliphatic rings. The molecule has 98 valence electrons. The Morgan fingerprint density at radius 1 is 1.39 bits per heavy atom. The number of nitrogens with zero attached hydrogens (tertiary/aromatic N) is 1. The molecule has 1 fully saturated rings. The number of carbonyl (C=O) groups is 1. The van der Waals surface area contributed by atoms with Gasteiger partial charge in [0, 0.05) is 17.3 Å². The fraction of sp³-hybridized carbons (Fsp3) is 0.538. The van der Waals surface area contributed by atoms with Crippen LogP contribution in [0.2, 0.25) is 0 Å². The van der Waals surface area contributed by atoms with Crippen molar-refractivity contribution >= 4 is 11.7 Å². The average Bonchev–Trinajstić information content (AvgIpc) is 2.31. The van der Waals surface area contributed by atoms with Crippen molar-refractivity contribution in [3.8, 4) is 0 Å². The predicted molar refractivity (Wildman–Crippen MR) is 69.1 cm³/mol. The van der Waals surface area contributed by atoms with Gasteiger partial charge in [-0.3, -0.25) is 4.79 Å². The number of rotatable bonds is 2. The van der Waals surface area contributed by atoms with Crippen molar-refractivity contribution in [2.45, 2.75) is 44.8 Å². The van der Waals surface area contributed by atoms with Crippen LogP contribution in [0.5, 0.6) is 0 Å². The largest absolute Gasteiger partial charge is 0.393 e. The Hall–Kier alpha value is -1.62. The van der Waals surface area contributed by atoms with Crippen LogP contribution >= 0.6 is 0 Å². The van der Waals surface area contributed by atoms with Crippen LogP contribution in [0.4, 0.5) is 5.82 Å². The summed E-state index contributed by atoms with van der Waals surface area (Å²) in [7, 11) is 0. The van der Waals surface area contributed by atoms with Gasteiger partial charge in [0.1, 0.15) is 5.82 Å². The monoisotopic (exact) mass is 249 g/mol. The molecule has 0 atom stereocenters. The molecule has 1 aliphatic carbocycles. The summed E-state index contributed by atoms with van der Waals surface area (Å²) in [5.74, 6) is 0.243. The van der Waals surface area contributed by atoms with E-state index in [4.69, 9.17) is 5.73 Å². The number of aromatic nitrogens is 1. The Kier molecular flexibility index (Phi) is 3.81. The van der Waals surface area contributed by atoms with E-state index in [2.05, 4.69) is 10.3 Å². The molecule has 0 spiro atoms. The highest BCUT2D eigenvalue weighted by molar-refractivity contribution is 5.95. The molecule has 1 aromatic rings. The summed E-state index contributed by atoms with van der Waals surface area (Å²) >= 11 is 0. The molecule has 1 amide bonds. The second kappa shape index (κ2) is 5.35. The number of aliphatic hydroxyl groups is 1. The maximum atomic E-state index is 12.0. The van der Waals surface area contributed by atoms with Crippen LogP contribution < -0.4 is 11.1 Å². The summed E-state index contributed by atoms with van der Waals surface area (Å²) in [6.07, 6.45) is 2.95. The minimum absolute atomic E-state index is 0.117. The van der Waals surface area contributed by atoms with Gasteiger partial charge in [0.2, 0.25) is 0 Å². The van der Waals surface area contributed by atoms with E-state index in [9.17, 15) is 9.90 Å². The Balaban J connectivity index is 1.99. The average molecular weight is 249 g/mol. The lowest BCUT2D eigenvalue weighted by Crippen LogP contribution is -2.38. The Bertz CT molecular complexity index is 420. The third kappa shape index (κ3) is 3.20. The van der Waals surface area contributed by atoms with Crippen molar-refractivity contribution in [2.24, 2.45) is 0 Å². The number of hydrogen-bond acceptors (Lipinski definition) is 4. The van der Waals surface area contributed by atoms with Gasteiger partial charge in [-0.1, -0.05) is 0 Å². The predicted octanol–water partition coefficient (Wildman–Crippen LogP) is 1.01. The van der Waals surface area contributed by atoms with Gasteiger partial charge in [0.25, 0.3) is 5.91 Å². The van der Waals surface area contributed by atoms with E-state index in [1.807, 2.05) is 6.92 Å². The van der Waals surface area contributed by atoms with Gasteiger partial charge < -0.3 is 16.2 Å². The minimum Gasteiger partial charge on any atom is -0.393 e. The number of nitrogen functional groups attached to an aromatic ring is 1. The third-order valence-electron chi connectivity index (χ3n) is 3.27. The molecule has 0 saturated heterocycles. The summed E-state index contributed by atoms with van der Waals surface area (Å²) in [6, 6.07) is 3.46. The van der Waals surface area contributed by atoms with Crippen molar-refractivity contribution in [3.05, 3.63) is 23.4 Å². The normalized spacial score (nSPS) is 23.7. The topological polar surface area (TPSA) is 88.2 Å². The zero-order valence-corrected chi connectivity index (χ0v) is 10.5. The van der Waals surface area contributed by atoms with Crippen LogP contribution in [0.15, 0.2) is 12.1 Å². The van der Waals surface area contributed by atoms with Crippen molar-refractivity contribution in [1.29, 1.82) is 0 Å². The van der Waals surface area contributed by atoms with Gasteiger partial charge in [-0.15, -0.1) is 0 Å². The summed E-state index contributed by atoms with van der Waals surface area (Å²) < 4.78 is 0. The molecule has 5 nitrogen and oxygen atoms in total. The fourth-order valence-corrected chi connectivity index (χ4v) is 2.31. The number of carbonyl (C=O) groups excluding carboxylic acids is 1. The molecule has 0 radical (unpaired) electrons. The summed E-state index contributed by atoms with van der Waals surface area (Å²) in [5, 5.41) is 12.4. The number of hydrogen-bond donors (Lipinski definition) is 3. The SMILES string of the molecule is Cc1cc(C(=O)NC2CCC(O)CC2)cc(N)n1. The number of amides is 1. The zero-order chi connectivity index (χ0) is 13.1. The molecule has 1 aromatic heterocycles. The number of aliphatic hydroxyl groups excluding tert-OH is 1. The summed E-state index contributed by atoms with van der Waals surface area (Å²) in [4.78, 5) is 16.1. The van der Waals surface area contributed by atoms with Gasteiger partial charge >= 0.3 is 0 Å². The van der Waals surface area contributed by atoms with Gasteiger partial charge in [-0.2, -0.15) is 0 Å². The van der Waals surface area contributed by atoms with E-state index in [0.717, 1.165) is 31.4 Å². The molecule has 0 unspecified atom stereocenters. The first kappa shape index (κ1) is 12.8. The van der Waals surface area contributed by atoms with E-state index in [1.54, 1.807) is 12.1 Å². The van der Waals surface area contributed by atoms with Crippen LogP contribution in [0.1, 0.15) is 41.7 Å². The lowest BCUT2D eigenvalue weighted by molar-refractivity contribution is 0.0867. The smallest absolute Gasteiger partial charge is 0.251 e. The fourth-order valence-electron chi connectivity index (χ4n) is 2.31. The molecule has 0 bridgehead atoms. The van der Waals surface area contributed by atoms with Crippen molar-refractivity contribution < 1.29 is 9.90 Å². The second-order valence-corrected chi connectivity index (χ2v) is 4.90. The Morgan fingerprint density at radius 3 is 2.67 bits per heavy atom. The molecule has 0 aromatic carbocycles. The van der Waals surface area contributed by atoms with Crippen LogP contribution in [0, 0.1) is 6.92 Å². The van der Waals surface area contributed by atoms with Gasteiger partial charge in [-0.05, 0) is 44.7 Å².